The average molecular weight is 309 g/mol. The second-order valence-electron chi connectivity index (χ2n) is 4.18. The third kappa shape index (κ3) is 4.68. The van der Waals surface area contributed by atoms with Crippen molar-refractivity contribution in [2.75, 3.05) is 34.5 Å². The number of nitrogens with one attached hydrogen (secondary N) is 1. The Kier molecular flexibility index (Phi) is 6.10. The van der Waals surface area contributed by atoms with E-state index in [4.69, 9.17) is 14.2 Å². The summed E-state index contributed by atoms with van der Waals surface area (Å²) in [5.41, 5.74) is 0.349. The van der Waals surface area contributed by atoms with Crippen LogP contribution in [0.15, 0.2) is 12.1 Å². The zero-order valence-electron chi connectivity index (χ0n) is 12.0. The summed E-state index contributed by atoms with van der Waals surface area (Å²) in [7, 11) is 4.22. The van der Waals surface area contributed by atoms with E-state index in [0.717, 1.165) is 0 Å². The van der Waals surface area contributed by atoms with Gasteiger partial charge in [-0.3, -0.25) is 5.32 Å². The molecule has 1 unspecified atom stereocenters. The van der Waals surface area contributed by atoms with Gasteiger partial charge < -0.3 is 19.3 Å². The van der Waals surface area contributed by atoms with Crippen molar-refractivity contribution in [3.8, 4) is 17.2 Å². The SMILES string of the molecule is COc1cc(OC)c(C(CO)NCC(F)(F)F)cc1OC. The van der Waals surface area contributed by atoms with E-state index < -0.39 is 25.4 Å². The molecule has 1 aromatic rings. The Morgan fingerprint density at radius 3 is 2.00 bits per heavy atom. The van der Waals surface area contributed by atoms with Crippen molar-refractivity contribution in [2.24, 2.45) is 0 Å². The van der Waals surface area contributed by atoms with E-state index in [9.17, 15) is 18.3 Å². The lowest BCUT2D eigenvalue weighted by molar-refractivity contribution is -0.126. The van der Waals surface area contributed by atoms with Gasteiger partial charge in [-0.2, -0.15) is 13.2 Å². The van der Waals surface area contributed by atoms with Crippen molar-refractivity contribution >= 4 is 0 Å². The first-order valence-corrected chi connectivity index (χ1v) is 6.07. The molecule has 0 saturated carbocycles. The molecule has 0 aliphatic heterocycles. The summed E-state index contributed by atoms with van der Waals surface area (Å²) >= 11 is 0. The molecule has 8 heteroatoms. The summed E-state index contributed by atoms with van der Waals surface area (Å²) < 4.78 is 52.2. The highest BCUT2D eigenvalue weighted by molar-refractivity contribution is 5.51. The number of aliphatic hydroxyl groups is 1. The van der Waals surface area contributed by atoms with E-state index in [2.05, 4.69) is 5.32 Å². The lowest BCUT2D eigenvalue weighted by Crippen LogP contribution is -2.34. The molecule has 0 amide bonds. The van der Waals surface area contributed by atoms with Crippen LogP contribution >= 0.6 is 0 Å². The Labute approximate surface area is 120 Å². The molecule has 21 heavy (non-hydrogen) atoms. The van der Waals surface area contributed by atoms with Gasteiger partial charge in [0.2, 0.25) is 0 Å². The number of ether oxygens (including phenoxy) is 3. The standard InChI is InChI=1S/C13H18F3NO4/c1-19-10-5-12(21-3)11(20-2)4-8(10)9(6-18)17-7-13(14,15)16/h4-5,9,17-18H,6-7H2,1-3H3. The molecule has 0 saturated heterocycles. The molecule has 1 aromatic carbocycles. The van der Waals surface area contributed by atoms with Gasteiger partial charge in [0.05, 0.1) is 40.5 Å². The van der Waals surface area contributed by atoms with E-state index in [1.807, 2.05) is 0 Å². The van der Waals surface area contributed by atoms with Crippen LogP contribution in [-0.2, 0) is 0 Å². The highest BCUT2D eigenvalue weighted by Crippen LogP contribution is 2.37. The van der Waals surface area contributed by atoms with Gasteiger partial charge >= 0.3 is 6.18 Å². The lowest BCUT2D eigenvalue weighted by Gasteiger charge is -2.22. The lowest BCUT2D eigenvalue weighted by atomic mass is 10.0. The molecule has 120 valence electrons. The van der Waals surface area contributed by atoms with Crippen molar-refractivity contribution in [3.05, 3.63) is 17.7 Å². The Morgan fingerprint density at radius 2 is 1.57 bits per heavy atom. The third-order valence-corrected chi connectivity index (χ3v) is 2.84. The van der Waals surface area contributed by atoms with Crippen LogP contribution in [0.2, 0.25) is 0 Å². The van der Waals surface area contributed by atoms with Gasteiger partial charge in [-0.1, -0.05) is 0 Å². The van der Waals surface area contributed by atoms with Crippen LogP contribution in [0.25, 0.3) is 0 Å². The minimum atomic E-state index is -4.38. The number of rotatable bonds is 7. The molecular formula is C13H18F3NO4. The summed E-state index contributed by atoms with van der Waals surface area (Å²) in [5, 5.41) is 11.6. The molecule has 0 aromatic heterocycles. The first kappa shape index (κ1) is 17.4. The molecule has 0 radical (unpaired) electrons. The van der Waals surface area contributed by atoms with Crippen LogP contribution < -0.4 is 19.5 Å². The Bertz CT molecular complexity index is 465. The molecular weight excluding hydrogens is 291 g/mol. The number of alkyl halides is 3. The monoisotopic (exact) mass is 309 g/mol. The number of hydrogen-bond donors (Lipinski definition) is 2. The number of methoxy groups -OCH3 is 3. The van der Waals surface area contributed by atoms with Crippen molar-refractivity contribution in [2.45, 2.75) is 12.2 Å². The van der Waals surface area contributed by atoms with E-state index in [1.54, 1.807) is 0 Å². The second-order valence-corrected chi connectivity index (χ2v) is 4.18. The van der Waals surface area contributed by atoms with Crippen LogP contribution in [0, 0.1) is 0 Å². The van der Waals surface area contributed by atoms with E-state index >= 15 is 0 Å². The summed E-state index contributed by atoms with van der Waals surface area (Å²) in [6, 6.07) is 2.02. The quantitative estimate of drug-likeness (QED) is 0.805. The molecule has 1 rings (SSSR count). The Hall–Kier alpha value is -1.67. The fourth-order valence-corrected chi connectivity index (χ4v) is 1.84. The number of benzene rings is 1. The molecule has 2 N–H and O–H groups in total. The molecule has 0 fully saturated rings. The van der Waals surface area contributed by atoms with Gasteiger partial charge in [-0.25, -0.2) is 0 Å². The molecule has 5 nitrogen and oxygen atoms in total. The number of halogens is 3. The molecule has 0 aliphatic rings. The largest absolute Gasteiger partial charge is 0.496 e. The normalized spacial score (nSPS) is 12.9. The molecule has 0 spiro atoms. The Balaban J connectivity index is 3.12. The average Bonchev–Trinajstić information content (AvgIpc) is 2.45. The topological polar surface area (TPSA) is 60.0 Å². The Morgan fingerprint density at radius 1 is 1.05 bits per heavy atom. The minimum Gasteiger partial charge on any atom is -0.496 e. The summed E-state index contributed by atoms with van der Waals surface area (Å²) in [6.07, 6.45) is -4.38. The van der Waals surface area contributed by atoms with Crippen LogP contribution in [0.4, 0.5) is 13.2 Å². The van der Waals surface area contributed by atoms with Crippen molar-refractivity contribution in [1.29, 1.82) is 0 Å². The summed E-state index contributed by atoms with van der Waals surface area (Å²) in [6.45, 7) is -1.75. The fraction of sp³-hybridized carbons (Fsp3) is 0.538. The van der Waals surface area contributed by atoms with Crippen LogP contribution in [0.1, 0.15) is 11.6 Å². The summed E-state index contributed by atoms with van der Waals surface area (Å²) in [4.78, 5) is 0. The second kappa shape index (κ2) is 7.37. The maximum Gasteiger partial charge on any atom is 0.401 e. The number of aliphatic hydroxyl groups excluding tert-OH is 1. The van der Waals surface area contributed by atoms with Crippen molar-refractivity contribution in [1.82, 2.24) is 5.32 Å². The summed E-state index contributed by atoms with van der Waals surface area (Å²) in [5.74, 6) is 1.01. The van der Waals surface area contributed by atoms with E-state index in [-0.39, 0.29) is 0 Å². The zero-order valence-corrected chi connectivity index (χ0v) is 12.0. The molecule has 0 heterocycles. The van der Waals surface area contributed by atoms with E-state index in [0.29, 0.717) is 22.8 Å². The van der Waals surface area contributed by atoms with Gasteiger partial charge in [-0.15, -0.1) is 0 Å². The van der Waals surface area contributed by atoms with Gasteiger partial charge in [0.1, 0.15) is 5.75 Å². The van der Waals surface area contributed by atoms with Crippen LogP contribution in [0.5, 0.6) is 17.2 Å². The zero-order chi connectivity index (χ0) is 16.0. The van der Waals surface area contributed by atoms with Crippen LogP contribution in [-0.4, -0.2) is 45.8 Å². The predicted octanol–water partition coefficient (Wildman–Crippen LogP) is 1.90. The van der Waals surface area contributed by atoms with Crippen molar-refractivity contribution < 1.29 is 32.5 Å². The van der Waals surface area contributed by atoms with Gasteiger partial charge in [0.15, 0.2) is 11.5 Å². The highest BCUT2D eigenvalue weighted by Gasteiger charge is 2.29. The van der Waals surface area contributed by atoms with Crippen molar-refractivity contribution in [3.63, 3.8) is 0 Å². The van der Waals surface area contributed by atoms with Gasteiger partial charge in [-0.05, 0) is 6.07 Å². The molecule has 1 atom stereocenters. The number of hydrogen-bond acceptors (Lipinski definition) is 5. The van der Waals surface area contributed by atoms with E-state index in [1.165, 1.54) is 33.5 Å². The third-order valence-electron chi connectivity index (χ3n) is 2.84. The minimum absolute atomic E-state index is 0.293. The first-order chi connectivity index (χ1) is 9.86. The van der Waals surface area contributed by atoms with Crippen LogP contribution in [0.3, 0.4) is 0 Å². The maximum absolute atomic E-state index is 12.3. The van der Waals surface area contributed by atoms with Gasteiger partial charge in [0, 0.05) is 11.6 Å². The fourth-order valence-electron chi connectivity index (χ4n) is 1.84. The first-order valence-electron chi connectivity index (χ1n) is 6.07. The smallest absolute Gasteiger partial charge is 0.401 e. The highest BCUT2D eigenvalue weighted by atomic mass is 19.4. The predicted molar refractivity (Wildman–Crippen MR) is 70.0 cm³/mol. The molecule has 0 bridgehead atoms. The molecule has 0 aliphatic carbocycles. The van der Waals surface area contributed by atoms with Gasteiger partial charge in [0.25, 0.3) is 0 Å². The maximum atomic E-state index is 12.3.